The number of rotatable bonds is 6. The van der Waals surface area contributed by atoms with E-state index in [-0.39, 0.29) is 0 Å². The van der Waals surface area contributed by atoms with Crippen LogP contribution in [0.1, 0.15) is 25.7 Å². The standard InChI is InChI=1S/C11H22N2O2/c1-12(2)10-6-8-13(9-10)7-4-3-5-11(14)15/h10H,3-9H2,1-2H3,(H,14,15). The predicted molar refractivity (Wildman–Crippen MR) is 60.0 cm³/mol. The molecule has 0 bridgehead atoms. The van der Waals surface area contributed by atoms with Crippen molar-refractivity contribution in [3.8, 4) is 0 Å². The Hall–Kier alpha value is -0.610. The fourth-order valence-electron chi connectivity index (χ4n) is 2.05. The SMILES string of the molecule is CN(C)C1CCN(CCCCC(=O)O)C1. The summed E-state index contributed by atoms with van der Waals surface area (Å²) in [6, 6.07) is 0.685. The first-order chi connectivity index (χ1) is 7.09. The van der Waals surface area contributed by atoms with Crippen LogP contribution >= 0.6 is 0 Å². The monoisotopic (exact) mass is 214 g/mol. The van der Waals surface area contributed by atoms with Gasteiger partial charge in [0, 0.05) is 19.0 Å². The smallest absolute Gasteiger partial charge is 0.303 e. The Morgan fingerprint density at radius 1 is 1.47 bits per heavy atom. The molecule has 1 saturated heterocycles. The van der Waals surface area contributed by atoms with E-state index in [9.17, 15) is 4.79 Å². The maximum atomic E-state index is 10.3. The zero-order chi connectivity index (χ0) is 11.3. The Morgan fingerprint density at radius 2 is 2.20 bits per heavy atom. The van der Waals surface area contributed by atoms with Gasteiger partial charge in [0.15, 0.2) is 0 Å². The highest BCUT2D eigenvalue weighted by atomic mass is 16.4. The first-order valence-corrected chi connectivity index (χ1v) is 5.70. The van der Waals surface area contributed by atoms with Crippen molar-refractivity contribution < 1.29 is 9.90 Å². The molecule has 0 radical (unpaired) electrons. The van der Waals surface area contributed by atoms with Gasteiger partial charge in [-0.05, 0) is 46.4 Å². The van der Waals surface area contributed by atoms with Crippen molar-refractivity contribution >= 4 is 5.97 Å². The highest BCUT2D eigenvalue weighted by molar-refractivity contribution is 5.66. The van der Waals surface area contributed by atoms with E-state index in [0.29, 0.717) is 12.5 Å². The number of likely N-dealkylation sites (N-methyl/N-ethyl adjacent to an activating group) is 1. The van der Waals surface area contributed by atoms with E-state index in [1.807, 2.05) is 0 Å². The summed E-state index contributed by atoms with van der Waals surface area (Å²) in [6.45, 7) is 3.35. The number of likely N-dealkylation sites (tertiary alicyclic amines) is 1. The summed E-state index contributed by atoms with van der Waals surface area (Å²) in [7, 11) is 4.25. The lowest BCUT2D eigenvalue weighted by atomic mass is 10.2. The maximum absolute atomic E-state index is 10.3. The molecule has 1 unspecified atom stereocenters. The minimum Gasteiger partial charge on any atom is -0.481 e. The van der Waals surface area contributed by atoms with Crippen LogP contribution in [0.5, 0.6) is 0 Å². The molecule has 0 aromatic heterocycles. The summed E-state index contributed by atoms with van der Waals surface area (Å²) in [5, 5.41) is 8.50. The molecule has 1 fully saturated rings. The van der Waals surface area contributed by atoms with Crippen molar-refractivity contribution in [1.29, 1.82) is 0 Å². The summed E-state index contributed by atoms with van der Waals surface area (Å²) in [5.74, 6) is -0.678. The van der Waals surface area contributed by atoms with Crippen LogP contribution in [0.15, 0.2) is 0 Å². The molecule has 1 N–H and O–H groups in total. The Morgan fingerprint density at radius 3 is 2.73 bits per heavy atom. The third kappa shape index (κ3) is 4.62. The largest absolute Gasteiger partial charge is 0.481 e. The first kappa shape index (κ1) is 12.5. The summed E-state index contributed by atoms with van der Waals surface area (Å²) < 4.78 is 0. The van der Waals surface area contributed by atoms with Gasteiger partial charge in [0.05, 0.1) is 0 Å². The van der Waals surface area contributed by atoms with Crippen LogP contribution in [0.4, 0.5) is 0 Å². The highest BCUT2D eigenvalue weighted by Crippen LogP contribution is 2.13. The van der Waals surface area contributed by atoms with E-state index >= 15 is 0 Å². The zero-order valence-corrected chi connectivity index (χ0v) is 9.78. The Bertz CT molecular complexity index is 207. The van der Waals surface area contributed by atoms with E-state index in [0.717, 1.165) is 32.5 Å². The van der Waals surface area contributed by atoms with Gasteiger partial charge in [-0.15, -0.1) is 0 Å². The Labute approximate surface area is 91.9 Å². The number of carbonyl (C=O) groups is 1. The van der Waals surface area contributed by atoms with Crippen LogP contribution in [-0.4, -0.2) is 60.6 Å². The van der Waals surface area contributed by atoms with E-state index in [1.54, 1.807) is 0 Å². The zero-order valence-electron chi connectivity index (χ0n) is 9.78. The van der Waals surface area contributed by atoms with Gasteiger partial charge in [0.2, 0.25) is 0 Å². The van der Waals surface area contributed by atoms with Gasteiger partial charge in [0.1, 0.15) is 0 Å². The van der Waals surface area contributed by atoms with Gasteiger partial charge < -0.3 is 14.9 Å². The second-order valence-electron chi connectivity index (χ2n) is 4.56. The number of hydrogen-bond acceptors (Lipinski definition) is 3. The van der Waals surface area contributed by atoms with Crippen LogP contribution in [0.3, 0.4) is 0 Å². The number of carboxylic acids is 1. The number of nitrogens with zero attached hydrogens (tertiary/aromatic N) is 2. The molecule has 0 aromatic rings. The van der Waals surface area contributed by atoms with Crippen LogP contribution in [0.2, 0.25) is 0 Å². The highest BCUT2D eigenvalue weighted by Gasteiger charge is 2.22. The first-order valence-electron chi connectivity index (χ1n) is 5.70. The lowest BCUT2D eigenvalue weighted by Crippen LogP contribution is -2.31. The molecular formula is C11H22N2O2. The number of aliphatic carboxylic acids is 1. The molecule has 0 aliphatic carbocycles. The van der Waals surface area contributed by atoms with Crippen molar-refractivity contribution in [3.63, 3.8) is 0 Å². The van der Waals surface area contributed by atoms with Gasteiger partial charge in [-0.3, -0.25) is 4.79 Å². The van der Waals surface area contributed by atoms with E-state index in [1.165, 1.54) is 6.42 Å². The van der Waals surface area contributed by atoms with Crippen molar-refractivity contribution in [2.75, 3.05) is 33.7 Å². The Balaban J connectivity index is 2.06. The average molecular weight is 214 g/mol. The second-order valence-corrected chi connectivity index (χ2v) is 4.56. The van der Waals surface area contributed by atoms with Crippen molar-refractivity contribution in [2.45, 2.75) is 31.7 Å². The number of carboxylic acid groups (broad SMARTS) is 1. The molecule has 0 spiro atoms. The van der Waals surface area contributed by atoms with Gasteiger partial charge >= 0.3 is 5.97 Å². The Kier molecular flexibility index (Phi) is 5.05. The quantitative estimate of drug-likeness (QED) is 0.667. The van der Waals surface area contributed by atoms with Crippen LogP contribution < -0.4 is 0 Å². The molecule has 1 heterocycles. The number of unbranched alkanes of at least 4 members (excludes halogenated alkanes) is 1. The summed E-state index contributed by atoms with van der Waals surface area (Å²) >= 11 is 0. The minimum atomic E-state index is -0.678. The van der Waals surface area contributed by atoms with Gasteiger partial charge in [-0.25, -0.2) is 0 Å². The van der Waals surface area contributed by atoms with Gasteiger partial charge in [-0.1, -0.05) is 0 Å². The van der Waals surface area contributed by atoms with Crippen molar-refractivity contribution in [3.05, 3.63) is 0 Å². The molecule has 1 aliphatic heterocycles. The fraction of sp³-hybridized carbons (Fsp3) is 0.909. The van der Waals surface area contributed by atoms with Gasteiger partial charge in [0.25, 0.3) is 0 Å². The third-order valence-corrected chi connectivity index (χ3v) is 3.09. The molecule has 4 nitrogen and oxygen atoms in total. The lowest BCUT2D eigenvalue weighted by molar-refractivity contribution is -0.137. The summed E-state index contributed by atoms with van der Waals surface area (Å²) in [5.41, 5.74) is 0. The van der Waals surface area contributed by atoms with Gasteiger partial charge in [-0.2, -0.15) is 0 Å². The second kappa shape index (κ2) is 6.08. The fourth-order valence-corrected chi connectivity index (χ4v) is 2.05. The molecule has 1 atom stereocenters. The molecule has 4 heteroatoms. The molecule has 0 amide bonds. The third-order valence-electron chi connectivity index (χ3n) is 3.09. The molecule has 15 heavy (non-hydrogen) atoms. The van der Waals surface area contributed by atoms with E-state index < -0.39 is 5.97 Å². The van der Waals surface area contributed by atoms with Crippen LogP contribution in [0, 0.1) is 0 Å². The molecular weight excluding hydrogens is 192 g/mol. The normalized spacial score (nSPS) is 22.5. The molecule has 1 rings (SSSR count). The van der Waals surface area contributed by atoms with Crippen LogP contribution in [-0.2, 0) is 4.79 Å². The average Bonchev–Trinajstić information content (AvgIpc) is 2.60. The van der Waals surface area contributed by atoms with Crippen molar-refractivity contribution in [1.82, 2.24) is 9.80 Å². The molecule has 88 valence electrons. The van der Waals surface area contributed by atoms with E-state index in [2.05, 4.69) is 23.9 Å². The van der Waals surface area contributed by atoms with Crippen molar-refractivity contribution in [2.24, 2.45) is 0 Å². The minimum absolute atomic E-state index is 0.310. The summed E-state index contributed by atoms with van der Waals surface area (Å²) in [4.78, 5) is 15.0. The maximum Gasteiger partial charge on any atom is 0.303 e. The molecule has 1 aliphatic rings. The predicted octanol–water partition coefficient (Wildman–Crippen LogP) is 0.877. The number of hydrogen-bond donors (Lipinski definition) is 1. The topological polar surface area (TPSA) is 43.8 Å². The summed E-state index contributed by atoms with van der Waals surface area (Å²) in [6.07, 6.45) is 3.36. The van der Waals surface area contributed by atoms with E-state index in [4.69, 9.17) is 5.11 Å². The molecule has 0 saturated carbocycles. The van der Waals surface area contributed by atoms with Crippen LogP contribution in [0.25, 0.3) is 0 Å². The molecule has 0 aromatic carbocycles. The lowest BCUT2D eigenvalue weighted by Gasteiger charge is -2.20.